The van der Waals surface area contributed by atoms with Crippen molar-refractivity contribution in [2.75, 3.05) is 33.2 Å². The smallest absolute Gasteiger partial charge is 0.0356 e. The van der Waals surface area contributed by atoms with E-state index in [-0.39, 0.29) is 0 Å². The second-order valence-electron chi connectivity index (χ2n) is 5.15. The maximum atomic E-state index is 2.53. The highest BCUT2D eigenvalue weighted by Crippen LogP contribution is 2.19. The first-order chi connectivity index (χ1) is 8.58. The number of rotatable bonds is 4. The monoisotopic (exact) mass is 248 g/mol. The third-order valence-electron chi connectivity index (χ3n) is 3.54. The zero-order valence-electron chi connectivity index (χ0n) is 12.7. The van der Waals surface area contributed by atoms with E-state index in [0.717, 1.165) is 32.6 Å². The first-order valence-electron chi connectivity index (χ1n) is 7.03. The van der Waals surface area contributed by atoms with Gasteiger partial charge in [-0.05, 0) is 39.8 Å². The van der Waals surface area contributed by atoms with Crippen molar-refractivity contribution in [3.05, 3.63) is 35.1 Å². The van der Waals surface area contributed by atoms with Crippen LogP contribution in [-0.2, 0) is 0 Å². The van der Waals surface area contributed by atoms with E-state index in [1.54, 1.807) is 0 Å². The Morgan fingerprint density at radius 3 is 2.22 bits per heavy atom. The van der Waals surface area contributed by atoms with Crippen LogP contribution in [0.5, 0.6) is 0 Å². The Labute approximate surface area is 113 Å². The Balaban J connectivity index is 2.83. The molecule has 1 heterocycles. The van der Waals surface area contributed by atoms with Gasteiger partial charge in [-0.2, -0.15) is 0 Å². The number of hydrogen-bond acceptors (Lipinski definition) is 2. The molecule has 2 nitrogen and oxygen atoms in total. The van der Waals surface area contributed by atoms with Crippen LogP contribution >= 0.6 is 0 Å². The highest BCUT2D eigenvalue weighted by atomic mass is 15.2. The molecular weight excluding hydrogens is 220 g/mol. The lowest BCUT2D eigenvalue weighted by Crippen LogP contribution is -2.44. The molecule has 0 amide bonds. The minimum absolute atomic E-state index is 1.10. The van der Waals surface area contributed by atoms with Gasteiger partial charge in [-0.3, -0.25) is 0 Å². The summed E-state index contributed by atoms with van der Waals surface area (Å²) in [6.07, 6.45) is 7.92. The number of hydrogen-bond donors (Lipinski definition) is 0. The van der Waals surface area contributed by atoms with Gasteiger partial charge in [0, 0.05) is 31.9 Å². The van der Waals surface area contributed by atoms with E-state index < -0.39 is 0 Å². The van der Waals surface area contributed by atoms with Gasteiger partial charge in [-0.15, -0.1) is 0 Å². The topological polar surface area (TPSA) is 6.48 Å². The average Bonchev–Trinajstić information content (AvgIpc) is 2.37. The number of allylic oxidation sites excluding steroid dienone is 5. The summed E-state index contributed by atoms with van der Waals surface area (Å²) in [5.74, 6) is 0. The molecule has 0 saturated carbocycles. The molecule has 102 valence electrons. The van der Waals surface area contributed by atoms with E-state index in [4.69, 9.17) is 0 Å². The zero-order chi connectivity index (χ0) is 13.5. The summed E-state index contributed by atoms with van der Waals surface area (Å²) in [4.78, 5) is 4.93. The second kappa shape index (κ2) is 7.42. The van der Waals surface area contributed by atoms with Crippen LogP contribution in [-0.4, -0.2) is 43.0 Å². The quantitative estimate of drug-likeness (QED) is 0.703. The molecule has 2 heteroatoms. The van der Waals surface area contributed by atoms with Crippen LogP contribution < -0.4 is 0 Å². The van der Waals surface area contributed by atoms with Crippen molar-refractivity contribution < 1.29 is 0 Å². The number of likely N-dealkylation sites (N-methyl/N-ethyl adjacent to an activating group) is 1. The van der Waals surface area contributed by atoms with Gasteiger partial charge in [0.25, 0.3) is 0 Å². The first kappa shape index (κ1) is 15.0. The van der Waals surface area contributed by atoms with Crippen LogP contribution in [0.3, 0.4) is 0 Å². The molecule has 0 unspecified atom stereocenters. The van der Waals surface area contributed by atoms with E-state index in [9.17, 15) is 0 Å². The summed E-state index contributed by atoms with van der Waals surface area (Å²) >= 11 is 0. The number of nitrogens with zero attached hydrogens (tertiary/aromatic N) is 2. The maximum Gasteiger partial charge on any atom is 0.0356 e. The van der Waals surface area contributed by atoms with Crippen molar-refractivity contribution in [1.29, 1.82) is 0 Å². The van der Waals surface area contributed by atoms with E-state index in [2.05, 4.69) is 62.8 Å². The molecule has 1 aliphatic heterocycles. The van der Waals surface area contributed by atoms with Gasteiger partial charge >= 0.3 is 0 Å². The van der Waals surface area contributed by atoms with Crippen LogP contribution in [0.25, 0.3) is 0 Å². The predicted molar refractivity (Wildman–Crippen MR) is 80.6 cm³/mol. The fourth-order valence-electron chi connectivity index (χ4n) is 2.28. The lowest BCUT2D eigenvalue weighted by atomic mass is 10.1. The molecule has 0 N–H and O–H groups in total. The molecule has 1 rings (SSSR count). The normalized spacial score (nSPS) is 20.5. The molecule has 0 aromatic rings. The molecule has 1 saturated heterocycles. The van der Waals surface area contributed by atoms with E-state index >= 15 is 0 Å². The molecule has 0 aromatic heterocycles. The summed E-state index contributed by atoms with van der Waals surface area (Å²) in [5, 5.41) is 0. The van der Waals surface area contributed by atoms with E-state index in [1.165, 1.54) is 16.8 Å². The molecule has 1 fully saturated rings. The van der Waals surface area contributed by atoms with Crippen molar-refractivity contribution >= 4 is 0 Å². The van der Waals surface area contributed by atoms with Crippen LogP contribution in [0.1, 0.15) is 34.1 Å². The average molecular weight is 248 g/mol. The number of piperazine rings is 1. The van der Waals surface area contributed by atoms with Gasteiger partial charge in [0.1, 0.15) is 0 Å². The van der Waals surface area contributed by atoms with Gasteiger partial charge in [-0.25, -0.2) is 0 Å². The maximum absolute atomic E-state index is 2.53. The van der Waals surface area contributed by atoms with Crippen LogP contribution in [0.2, 0.25) is 0 Å². The largest absolute Gasteiger partial charge is 0.369 e. The SMILES string of the molecule is C\C=C(C)/C=C(C)\C(=C\CC)N1CCN(C)CC1. The standard InChI is InChI=1S/C16H28N2/c1-6-8-16(15(4)13-14(3)7-2)18-11-9-17(5)10-12-18/h7-8,13H,6,9-12H2,1-5H3/b14-7-,15-13-,16-8-. The van der Waals surface area contributed by atoms with Gasteiger partial charge in [0.05, 0.1) is 0 Å². The lowest BCUT2D eigenvalue weighted by Gasteiger charge is -2.36. The van der Waals surface area contributed by atoms with Crippen molar-refractivity contribution in [2.24, 2.45) is 0 Å². The Kier molecular flexibility index (Phi) is 6.20. The van der Waals surface area contributed by atoms with Gasteiger partial charge in [0.15, 0.2) is 0 Å². The molecule has 1 aliphatic rings. The highest BCUT2D eigenvalue weighted by Gasteiger charge is 2.16. The van der Waals surface area contributed by atoms with Crippen LogP contribution in [0.4, 0.5) is 0 Å². The Hall–Kier alpha value is -1.02. The highest BCUT2D eigenvalue weighted by molar-refractivity contribution is 5.34. The zero-order valence-corrected chi connectivity index (χ0v) is 12.7. The summed E-state index contributed by atoms with van der Waals surface area (Å²) in [5.41, 5.74) is 4.15. The third kappa shape index (κ3) is 4.34. The summed E-state index contributed by atoms with van der Waals surface area (Å²) in [6, 6.07) is 0. The first-order valence-corrected chi connectivity index (χ1v) is 7.03. The van der Waals surface area contributed by atoms with Crippen LogP contribution in [0, 0.1) is 0 Å². The molecule has 0 aliphatic carbocycles. The van der Waals surface area contributed by atoms with Crippen molar-refractivity contribution in [3.8, 4) is 0 Å². The Morgan fingerprint density at radius 2 is 1.72 bits per heavy atom. The van der Waals surface area contributed by atoms with Crippen LogP contribution in [0.15, 0.2) is 35.1 Å². The third-order valence-corrected chi connectivity index (χ3v) is 3.54. The molecule has 0 bridgehead atoms. The fourth-order valence-corrected chi connectivity index (χ4v) is 2.28. The predicted octanol–water partition coefficient (Wildman–Crippen LogP) is 3.44. The van der Waals surface area contributed by atoms with Gasteiger partial charge in [0.2, 0.25) is 0 Å². The Morgan fingerprint density at radius 1 is 1.11 bits per heavy atom. The van der Waals surface area contributed by atoms with E-state index in [0.29, 0.717) is 0 Å². The molecular formula is C16H28N2. The summed E-state index contributed by atoms with van der Waals surface area (Å²) < 4.78 is 0. The fraction of sp³-hybridized carbons (Fsp3) is 0.625. The van der Waals surface area contributed by atoms with Gasteiger partial charge in [-0.1, -0.05) is 30.7 Å². The van der Waals surface area contributed by atoms with E-state index in [1.807, 2.05) is 0 Å². The second-order valence-corrected chi connectivity index (χ2v) is 5.15. The minimum Gasteiger partial charge on any atom is -0.369 e. The molecule has 18 heavy (non-hydrogen) atoms. The Bertz CT molecular complexity index is 342. The van der Waals surface area contributed by atoms with Crippen molar-refractivity contribution in [1.82, 2.24) is 9.80 Å². The lowest BCUT2D eigenvalue weighted by molar-refractivity contribution is 0.188. The molecule has 0 radical (unpaired) electrons. The van der Waals surface area contributed by atoms with Crippen molar-refractivity contribution in [3.63, 3.8) is 0 Å². The summed E-state index contributed by atoms with van der Waals surface area (Å²) in [6.45, 7) is 13.3. The minimum atomic E-state index is 1.10. The molecule has 0 spiro atoms. The molecule has 0 aromatic carbocycles. The van der Waals surface area contributed by atoms with Gasteiger partial charge < -0.3 is 9.80 Å². The summed E-state index contributed by atoms with van der Waals surface area (Å²) in [7, 11) is 2.20. The molecule has 0 atom stereocenters. The van der Waals surface area contributed by atoms with Crippen molar-refractivity contribution in [2.45, 2.75) is 34.1 Å².